The lowest BCUT2D eigenvalue weighted by atomic mass is 9.95. The van der Waals surface area contributed by atoms with E-state index in [1.807, 2.05) is 61.5 Å². The summed E-state index contributed by atoms with van der Waals surface area (Å²) in [7, 11) is -3.88. The summed E-state index contributed by atoms with van der Waals surface area (Å²) in [6, 6.07) is 21.7. The van der Waals surface area contributed by atoms with Crippen molar-refractivity contribution in [2.75, 3.05) is 17.1 Å². The molecular weight excluding hydrogens is 430 g/mol. The highest BCUT2D eigenvalue weighted by Gasteiger charge is 2.25. The first-order chi connectivity index (χ1) is 15.2. The fourth-order valence-electron chi connectivity index (χ4n) is 3.40. The quantitative estimate of drug-likeness (QED) is 0.414. The molecular formula is C23H23N3O5S. The monoisotopic (exact) mass is 453 g/mol. The van der Waals surface area contributed by atoms with Crippen LogP contribution in [0.4, 0.5) is 11.4 Å². The Morgan fingerprint density at radius 1 is 1.03 bits per heavy atom. The Kier molecular flexibility index (Phi) is 6.89. The lowest BCUT2D eigenvalue weighted by Crippen LogP contribution is -2.42. The first-order valence-electron chi connectivity index (χ1n) is 9.79. The lowest BCUT2D eigenvalue weighted by Gasteiger charge is -2.25. The predicted octanol–water partition coefficient (Wildman–Crippen LogP) is 3.58. The largest absolute Gasteiger partial charge is 0.344 e. The van der Waals surface area contributed by atoms with Crippen LogP contribution in [0.1, 0.15) is 22.7 Å². The molecule has 3 rings (SSSR count). The van der Waals surface area contributed by atoms with Crippen molar-refractivity contribution in [3.63, 3.8) is 0 Å². The fourth-order valence-corrected chi connectivity index (χ4v) is 4.24. The van der Waals surface area contributed by atoms with Gasteiger partial charge in [0, 0.05) is 12.1 Å². The van der Waals surface area contributed by atoms with Crippen LogP contribution in [0.15, 0.2) is 78.9 Å². The van der Waals surface area contributed by atoms with Crippen LogP contribution in [0.3, 0.4) is 0 Å². The molecule has 1 unspecified atom stereocenters. The molecule has 0 saturated carbocycles. The number of benzene rings is 3. The number of rotatable bonds is 8. The van der Waals surface area contributed by atoms with Crippen LogP contribution in [0.5, 0.6) is 0 Å². The summed E-state index contributed by atoms with van der Waals surface area (Å²) in [6.07, 6.45) is 0.954. The normalized spacial score (nSPS) is 12.1. The summed E-state index contributed by atoms with van der Waals surface area (Å²) in [6.45, 7) is 1.42. The molecule has 8 nitrogen and oxygen atoms in total. The number of aryl methyl sites for hydroxylation is 1. The van der Waals surface area contributed by atoms with Gasteiger partial charge in [-0.1, -0.05) is 60.7 Å². The minimum atomic E-state index is -3.88. The smallest absolute Gasteiger partial charge is 0.271 e. The van der Waals surface area contributed by atoms with Gasteiger partial charge in [-0.3, -0.25) is 19.2 Å². The zero-order valence-corrected chi connectivity index (χ0v) is 18.5. The Hall–Kier alpha value is -3.72. The standard InChI is InChI=1S/C23H23N3O5S/c1-17-9-6-7-14-21(17)23(18-10-4-3-5-11-18)24-22(27)16-25(32(2,30)31)19-12-8-13-20(15-19)26(28)29/h3-15,23H,16H2,1-2H3,(H,24,27). The van der Waals surface area contributed by atoms with E-state index in [2.05, 4.69) is 5.32 Å². The van der Waals surface area contributed by atoms with Crippen molar-refractivity contribution in [1.29, 1.82) is 0 Å². The number of non-ortho nitro benzene ring substituents is 1. The van der Waals surface area contributed by atoms with Crippen LogP contribution in [0, 0.1) is 17.0 Å². The number of anilines is 1. The highest BCUT2D eigenvalue weighted by molar-refractivity contribution is 7.92. The van der Waals surface area contributed by atoms with E-state index in [0.717, 1.165) is 33.3 Å². The molecule has 0 bridgehead atoms. The molecule has 0 aliphatic rings. The number of nitro benzene ring substituents is 1. The van der Waals surface area contributed by atoms with E-state index >= 15 is 0 Å². The number of nitro groups is 1. The third-order valence-electron chi connectivity index (χ3n) is 4.95. The van der Waals surface area contributed by atoms with Crippen LogP contribution in [0.25, 0.3) is 0 Å². The summed E-state index contributed by atoms with van der Waals surface area (Å²) < 4.78 is 25.7. The van der Waals surface area contributed by atoms with Gasteiger partial charge in [0.2, 0.25) is 15.9 Å². The molecule has 0 aromatic heterocycles. The van der Waals surface area contributed by atoms with Crippen LogP contribution in [0.2, 0.25) is 0 Å². The van der Waals surface area contributed by atoms with Crippen LogP contribution < -0.4 is 9.62 Å². The van der Waals surface area contributed by atoms with E-state index in [1.165, 1.54) is 18.2 Å². The molecule has 0 radical (unpaired) electrons. The third kappa shape index (κ3) is 5.50. The number of nitrogens with zero attached hydrogens (tertiary/aromatic N) is 2. The maximum absolute atomic E-state index is 13.0. The number of hydrogen-bond donors (Lipinski definition) is 1. The van der Waals surface area contributed by atoms with Crippen LogP contribution in [-0.4, -0.2) is 32.0 Å². The van der Waals surface area contributed by atoms with Crippen LogP contribution >= 0.6 is 0 Å². The second-order valence-corrected chi connectivity index (χ2v) is 9.22. The number of hydrogen-bond acceptors (Lipinski definition) is 5. The van der Waals surface area contributed by atoms with Gasteiger partial charge in [0.15, 0.2) is 0 Å². The summed E-state index contributed by atoms with van der Waals surface area (Å²) in [4.78, 5) is 23.5. The number of amides is 1. The van der Waals surface area contributed by atoms with Crippen molar-refractivity contribution < 1.29 is 18.1 Å². The zero-order valence-electron chi connectivity index (χ0n) is 17.6. The highest BCUT2D eigenvalue weighted by atomic mass is 32.2. The lowest BCUT2D eigenvalue weighted by molar-refractivity contribution is -0.384. The van der Waals surface area contributed by atoms with Crippen molar-refractivity contribution in [3.05, 3.63) is 106 Å². The Balaban J connectivity index is 1.92. The first kappa shape index (κ1) is 23.0. The van der Waals surface area contributed by atoms with Gasteiger partial charge in [0.05, 0.1) is 22.9 Å². The maximum atomic E-state index is 13.0. The molecule has 32 heavy (non-hydrogen) atoms. The van der Waals surface area contributed by atoms with E-state index in [4.69, 9.17) is 0 Å². The SMILES string of the molecule is Cc1ccccc1C(NC(=O)CN(c1cccc([N+](=O)[O-])c1)S(C)(=O)=O)c1ccccc1. The van der Waals surface area contributed by atoms with E-state index in [1.54, 1.807) is 0 Å². The van der Waals surface area contributed by atoms with E-state index < -0.39 is 33.4 Å². The van der Waals surface area contributed by atoms with Crippen molar-refractivity contribution in [1.82, 2.24) is 5.32 Å². The molecule has 0 heterocycles. The Labute approximate surface area is 186 Å². The van der Waals surface area contributed by atoms with Crippen LogP contribution in [-0.2, 0) is 14.8 Å². The van der Waals surface area contributed by atoms with Gasteiger partial charge in [-0.05, 0) is 29.7 Å². The third-order valence-corrected chi connectivity index (χ3v) is 6.09. The zero-order chi connectivity index (χ0) is 23.3. The Morgan fingerprint density at radius 2 is 1.69 bits per heavy atom. The van der Waals surface area contributed by atoms with Gasteiger partial charge < -0.3 is 5.32 Å². The molecule has 0 fully saturated rings. The molecule has 3 aromatic rings. The van der Waals surface area contributed by atoms with Gasteiger partial charge in [0.1, 0.15) is 6.54 Å². The van der Waals surface area contributed by atoms with Crippen molar-refractivity contribution in [2.45, 2.75) is 13.0 Å². The molecule has 1 N–H and O–H groups in total. The average molecular weight is 454 g/mol. The number of carbonyl (C=O) groups is 1. The maximum Gasteiger partial charge on any atom is 0.271 e. The molecule has 0 saturated heterocycles. The van der Waals surface area contributed by atoms with E-state index in [-0.39, 0.29) is 11.4 Å². The second-order valence-electron chi connectivity index (χ2n) is 7.31. The number of sulfonamides is 1. The second kappa shape index (κ2) is 9.61. The molecule has 166 valence electrons. The van der Waals surface area contributed by atoms with E-state index in [9.17, 15) is 23.3 Å². The molecule has 0 spiro atoms. The van der Waals surface area contributed by atoms with Crippen molar-refractivity contribution in [3.8, 4) is 0 Å². The fraction of sp³-hybridized carbons (Fsp3) is 0.174. The van der Waals surface area contributed by atoms with Gasteiger partial charge in [-0.15, -0.1) is 0 Å². The number of carbonyl (C=O) groups excluding carboxylic acids is 1. The Bertz CT molecular complexity index is 1230. The molecule has 9 heteroatoms. The summed E-state index contributed by atoms with van der Waals surface area (Å²) in [5, 5.41) is 14.0. The van der Waals surface area contributed by atoms with Gasteiger partial charge in [-0.25, -0.2) is 8.42 Å². The minimum absolute atomic E-state index is 0.0454. The predicted molar refractivity (Wildman–Crippen MR) is 123 cm³/mol. The van der Waals surface area contributed by atoms with Gasteiger partial charge in [-0.2, -0.15) is 0 Å². The minimum Gasteiger partial charge on any atom is -0.344 e. The number of nitrogens with one attached hydrogen (secondary N) is 1. The topological polar surface area (TPSA) is 110 Å². The summed E-state index contributed by atoms with van der Waals surface area (Å²) in [5.74, 6) is -0.543. The summed E-state index contributed by atoms with van der Waals surface area (Å²) in [5.41, 5.74) is 2.48. The van der Waals surface area contributed by atoms with E-state index in [0.29, 0.717) is 0 Å². The van der Waals surface area contributed by atoms with Gasteiger partial charge in [0.25, 0.3) is 5.69 Å². The first-order valence-corrected chi connectivity index (χ1v) is 11.6. The molecule has 0 aliphatic heterocycles. The Morgan fingerprint density at radius 3 is 2.31 bits per heavy atom. The molecule has 0 aliphatic carbocycles. The van der Waals surface area contributed by atoms with Gasteiger partial charge >= 0.3 is 0 Å². The summed E-state index contributed by atoms with van der Waals surface area (Å²) >= 11 is 0. The van der Waals surface area contributed by atoms with Crippen molar-refractivity contribution >= 4 is 27.3 Å². The molecule has 3 aromatic carbocycles. The average Bonchev–Trinajstić information content (AvgIpc) is 2.76. The molecule has 1 atom stereocenters. The van der Waals surface area contributed by atoms with Crippen molar-refractivity contribution in [2.24, 2.45) is 0 Å². The molecule has 1 amide bonds. The highest BCUT2D eigenvalue weighted by Crippen LogP contribution is 2.26.